The zero-order chi connectivity index (χ0) is 9.14. The maximum Gasteiger partial charge on any atom is 0.135 e. The molecule has 0 amide bonds. The number of hydrogen-bond acceptors (Lipinski definition) is 2. The highest BCUT2D eigenvalue weighted by Crippen LogP contribution is 2.12. The van der Waals surface area contributed by atoms with E-state index in [1.165, 1.54) is 0 Å². The van der Waals surface area contributed by atoms with Gasteiger partial charge < -0.3 is 10.8 Å². The first-order chi connectivity index (χ1) is 5.61. The van der Waals surface area contributed by atoms with E-state index in [-0.39, 0.29) is 5.84 Å². The van der Waals surface area contributed by atoms with Crippen LogP contribution < -0.4 is 5.73 Å². The number of nitrogens with one attached hydrogen (secondary N) is 1. The summed E-state index contributed by atoms with van der Waals surface area (Å²) in [5.41, 5.74) is 6.92. The van der Waals surface area contributed by atoms with Gasteiger partial charge in [-0.15, -0.1) is 0 Å². The minimum Gasteiger partial charge on any atom is -0.385 e. The van der Waals surface area contributed by atoms with Crippen molar-refractivity contribution in [1.82, 2.24) is 0 Å². The van der Waals surface area contributed by atoms with Crippen molar-refractivity contribution in [1.29, 1.82) is 5.41 Å². The Labute approximate surface area is 71.3 Å². The maximum atomic E-state index is 9.34. The summed E-state index contributed by atoms with van der Waals surface area (Å²) in [5, 5.41) is 16.4. The molecule has 0 aliphatic rings. The molecule has 0 aliphatic heterocycles. The van der Waals surface area contributed by atoms with Gasteiger partial charge in [-0.2, -0.15) is 0 Å². The summed E-state index contributed by atoms with van der Waals surface area (Å²) in [5.74, 6) is -0.223. The van der Waals surface area contributed by atoms with E-state index in [0.29, 0.717) is 5.56 Å². The monoisotopic (exact) mass is 164 g/mol. The van der Waals surface area contributed by atoms with Gasteiger partial charge in [-0.25, -0.2) is 0 Å². The summed E-state index contributed by atoms with van der Waals surface area (Å²) in [7, 11) is 0. The molecule has 0 saturated carbocycles. The highest BCUT2D eigenvalue weighted by Gasteiger charge is 2.08. The largest absolute Gasteiger partial charge is 0.385 e. The topological polar surface area (TPSA) is 70.1 Å². The number of benzene rings is 1. The van der Waals surface area contributed by atoms with Crippen molar-refractivity contribution in [2.75, 3.05) is 0 Å². The molecule has 1 rings (SSSR count). The fourth-order valence-corrected chi connectivity index (χ4v) is 0.928. The van der Waals surface area contributed by atoms with E-state index in [1.807, 2.05) is 19.1 Å². The van der Waals surface area contributed by atoms with E-state index in [9.17, 15) is 5.11 Å². The number of hydrogen-bond donors (Lipinski definition) is 3. The van der Waals surface area contributed by atoms with Crippen LogP contribution in [0, 0.1) is 12.3 Å². The number of rotatable bonds is 2. The molecule has 0 unspecified atom stereocenters. The SMILES string of the molecule is Cc1ccc([C@@H](O)C(=N)N)cc1. The summed E-state index contributed by atoms with van der Waals surface area (Å²) < 4.78 is 0. The standard InChI is InChI=1S/C9H12N2O/c1-6-2-4-7(5-3-6)8(12)9(10)11/h2-5,8,12H,1H3,(H3,10,11)/t8-/m1/s1. The molecule has 0 spiro atoms. The van der Waals surface area contributed by atoms with Crippen molar-refractivity contribution in [2.24, 2.45) is 5.73 Å². The van der Waals surface area contributed by atoms with Gasteiger partial charge in [0.25, 0.3) is 0 Å². The van der Waals surface area contributed by atoms with Gasteiger partial charge in [0.1, 0.15) is 11.9 Å². The molecule has 1 aromatic rings. The Bertz CT molecular complexity index is 279. The van der Waals surface area contributed by atoms with E-state index in [1.54, 1.807) is 12.1 Å². The second-order valence-corrected chi connectivity index (χ2v) is 2.77. The van der Waals surface area contributed by atoms with Gasteiger partial charge >= 0.3 is 0 Å². The highest BCUT2D eigenvalue weighted by molar-refractivity contribution is 5.82. The molecule has 3 heteroatoms. The second-order valence-electron chi connectivity index (χ2n) is 2.77. The molecule has 0 heterocycles. The Hall–Kier alpha value is -1.35. The maximum absolute atomic E-state index is 9.34. The Balaban J connectivity index is 2.89. The number of aliphatic hydroxyl groups is 1. The van der Waals surface area contributed by atoms with Crippen molar-refractivity contribution in [3.63, 3.8) is 0 Å². The molecule has 1 atom stereocenters. The third-order valence-electron chi connectivity index (χ3n) is 1.69. The molecule has 0 bridgehead atoms. The van der Waals surface area contributed by atoms with Crippen LogP contribution >= 0.6 is 0 Å². The van der Waals surface area contributed by atoms with Gasteiger partial charge in [0.2, 0.25) is 0 Å². The predicted octanol–water partition coefficient (Wildman–Crippen LogP) is 0.964. The lowest BCUT2D eigenvalue weighted by Crippen LogP contribution is -2.19. The third-order valence-corrected chi connectivity index (χ3v) is 1.69. The summed E-state index contributed by atoms with van der Waals surface area (Å²) >= 11 is 0. The Kier molecular flexibility index (Phi) is 2.45. The van der Waals surface area contributed by atoms with Crippen molar-refractivity contribution in [3.05, 3.63) is 35.4 Å². The van der Waals surface area contributed by atoms with Gasteiger partial charge in [-0.05, 0) is 12.5 Å². The molecular weight excluding hydrogens is 152 g/mol. The van der Waals surface area contributed by atoms with Gasteiger partial charge in [0.15, 0.2) is 0 Å². The smallest absolute Gasteiger partial charge is 0.135 e. The van der Waals surface area contributed by atoms with E-state index in [4.69, 9.17) is 11.1 Å². The average molecular weight is 164 g/mol. The normalized spacial score (nSPS) is 12.5. The lowest BCUT2D eigenvalue weighted by Gasteiger charge is -2.08. The first-order valence-electron chi connectivity index (χ1n) is 3.70. The van der Waals surface area contributed by atoms with Crippen LogP contribution in [0.1, 0.15) is 17.2 Å². The average Bonchev–Trinajstić information content (AvgIpc) is 2.04. The van der Waals surface area contributed by atoms with Crippen molar-refractivity contribution < 1.29 is 5.11 Å². The molecule has 1 aromatic carbocycles. The molecule has 0 aromatic heterocycles. The second kappa shape index (κ2) is 3.36. The predicted molar refractivity (Wildman–Crippen MR) is 48.1 cm³/mol. The molecule has 0 radical (unpaired) electrons. The number of aryl methyl sites for hydroxylation is 1. The van der Waals surface area contributed by atoms with Crippen LogP contribution in [0.4, 0.5) is 0 Å². The third kappa shape index (κ3) is 1.83. The zero-order valence-corrected chi connectivity index (χ0v) is 6.91. The number of nitrogens with two attached hydrogens (primary N) is 1. The zero-order valence-electron chi connectivity index (χ0n) is 6.91. The minimum absolute atomic E-state index is 0.223. The van der Waals surface area contributed by atoms with Gasteiger partial charge in [-0.1, -0.05) is 29.8 Å². The first kappa shape index (κ1) is 8.74. The number of amidine groups is 1. The highest BCUT2D eigenvalue weighted by atomic mass is 16.3. The molecule has 0 aliphatic carbocycles. The molecule has 3 nitrogen and oxygen atoms in total. The Morgan fingerprint density at radius 3 is 2.33 bits per heavy atom. The molecular formula is C9H12N2O. The van der Waals surface area contributed by atoms with Gasteiger partial charge in [0.05, 0.1) is 0 Å². The van der Waals surface area contributed by atoms with Crippen LogP contribution in [0.25, 0.3) is 0 Å². The van der Waals surface area contributed by atoms with Crippen LogP contribution in [-0.2, 0) is 0 Å². The van der Waals surface area contributed by atoms with Crippen molar-refractivity contribution in [3.8, 4) is 0 Å². The van der Waals surface area contributed by atoms with Crippen LogP contribution in [0.3, 0.4) is 0 Å². The van der Waals surface area contributed by atoms with E-state index < -0.39 is 6.10 Å². The molecule has 4 N–H and O–H groups in total. The Morgan fingerprint density at radius 1 is 1.42 bits per heavy atom. The molecule has 64 valence electrons. The van der Waals surface area contributed by atoms with Gasteiger partial charge in [0, 0.05) is 0 Å². The summed E-state index contributed by atoms with van der Waals surface area (Å²) in [6.45, 7) is 1.96. The van der Waals surface area contributed by atoms with Crippen LogP contribution in [0.2, 0.25) is 0 Å². The fourth-order valence-electron chi connectivity index (χ4n) is 0.928. The Morgan fingerprint density at radius 2 is 1.92 bits per heavy atom. The number of aliphatic hydroxyl groups excluding tert-OH is 1. The summed E-state index contributed by atoms with van der Waals surface area (Å²) in [6, 6.07) is 7.28. The van der Waals surface area contributed by atoms with E-state index in [0.717, 1.165) is 5.56 Å². The van der Waals surface area contributed by atoms with Crippen LogP contribution in [0.15, 0.2) is 24.3 Å². The summed E-state index contributed by atoms with van der Waals surface area (Å²) in [4.78, 5) is 0. The lowest BCUT2D eigenvalue weighted by atomic mass is 10.1. The summed E-state index contributed by atoms with van der Waals surface area (Å²) in [6.07, 6.45) is -0.967. The van der Waals surface area contributed by atoms with Crippen LogP contribution in [-0.4, -0.2) is 10.9 Å². The van der Waals surface area contributed by atoms with E-state index in [2.05, 4.69) is 0 Å². The molecule has 0 fully saturated rings. The lowest BCUT2D eigenvalue weighted by molar-refractivity contribution is 0.245. The minimum atomic E-state index is -0.967. The molecule has 12 heavy (non-hydrogen) atoms. The van der Waals surface area contributed by atoms with Crippen molar-refractivity contribution >= 4 is 5.84 Å². The quantitative estimate of drug-likeness (QED) is 0.450. The first-order valence-corrected chi connectivity index (χ1v) is 3.70. The van der Waals surface area contributed by atoms with Crippen molar-refractivity contribution in [2.45, 2.75) is 13.0 Å². The molecule has 0 saturated heterocycles. The van der Waals surface area contributed by atoms with E-state index >= 15 is 0 Å². The van der Waals surface area contributed by atoms with Gasteiger partial charge in [-0.3, -0.25) is 5.41 Å². The van der Waals surface area contributed by atoms with Crippen LogP contribution in [0.5, 0.6) is 0 Å². The fraction of sp³-hybridized carbons (Fsp3) is 0.222.